The van der Waals surface area contributed by atoms with Crippen LogP contribution in [-0.2, 0) is 0 Å². The van der Waals surface area contributed by atoms with E-state index in [1.54, 1.807) is 0 Å². The van der Waals surface area contributed by atoms with Gasteiger partial charge in [0.15, 0.2) is 0 Å². The molecule has 3 nitrogen and oxygen atoms in total. The number of pyridine rings is 1. The first-order valence-electron chi connectivity index (χ1n) is 9.12. The van der Waals surface area contributed by atoms with Crippen molar-refractivity contribution in [1.29, 1.82) is 0 Å². The van der Waals surface area contributed by atoms with Gasteiger partial charge in [0, 0.05) is 52.9 Å². The molecule has 2 aromatic heterocycles. The van der Waals surface area contributed by atoms with E-state index in [1.165, 1.54) is 19.2 Å². The van der Waals surface area contributed by atoms with Crippen LogP contribution in [0.4, 0.5) is 5.82 Å². The van der Waals surface area contributed by atoms with Crippen molar-refractivity contribution in [3.63, 3.8) is 0 Å². The third-order valence-corrected chi connectivity index (χ3v) is 7.11. The summed E-state index contributed by atoms with van der Waals surface area (Å²) in [5, 5.41) is 1.29. The van der Waals surface area contributed by atoms with E-state index >= 15 is 0 Å². The molecule has 1 aliphatic heterocycles. The van der Waals surface area contributed by atoms with E-state index in [1.807, 2.05) is 29.3 Å². The second kappa shape index (κ2) is 7.22. The topological polar surface area (TPSA) is 19.4 Å². The van der Waals surface area contributed by atoms with Gasteiger partial charge in [-0.2, -0.15) is 0 Å². The van der Waals surface area contributed by atoms with Gasteiger partial charge in [-0.25, -0.2) is 4.98 Å². The highest BCUT2D eigenvalue weighted by Gasteiger charge is 2.27. The number of anilines is 1. The first-order valence-corrected chi connectivity index (χ1v) is 10.8. The number of benzene rings is 1. The van der Waals surface area contributed by atoms with E-state index in [0.29, 0.717) is 0 Å². The van der Waals surface area contributed by atoms with E-state index in [0.717, 1.165) is 32.0 Å². The van der Waals surface area contributed by atoms with Crippen molar-refractivity contribution in [1.82, 2.24) is 9.88 Å². The van der Waals surface area contributed by atoms with Crippen LogP contribution in [0.5, 0.6) is 0 Å². The van der Waals surface area contributed by atoms with E-state index in [-0.39, 0.29) is 5.54 Å². The van der Waals surface area contributed by atoms with Crippen LogP contribution in [0.15, 0.2) is 57.8 Å². The van der Waals surface area contributed by atoms with Crippen LogP contribution in [0.1, 0.15) is 20.8 Å². The quantitative estimate of drug-likeness (QED) is 0.605. The number of fused-ring (bicyclic) bond motifs is 1. The van der Waals surface area contributed by atoms with Gasteiger partial charge in [-0.15, -0.1) is 11.3 Å². The fraction of sp³-hybridized carbons (Fsp3) is 0.381. The van der Waals surface area contributed by atoms with Crippen LogP contribution in [0.2, 0.25) is 0 Å². The number of thiophene rings is 1. The lowest BCUT2D eigenvalue weighted by molar-refractivity contribution is 0.128. The highest BCUT2D eigenvalue weighted by atomic mass is 32.2. The Morgan fingerprint density at radius 2 is 1.73 bits per heavy atom. The van der Waals surface area contributed by atoms with Crippen molar-refractivity contribution < 1.29 is 0 Å². The SMILES string of the molecule is CC(C)(C)N1CCN(c2nccc3sc(Sc4ccccc4)cc23)CC1. The molecule has 0 spiro atoms. The summed E-state index contributed by atoms with van der Waals surface area (Å²) in [6.45, 7) is 11.2. The van der Waals surface area contributed by atoms with E-state index in [4.69, 9.17) is 4.98 Å². The third kappa shape index (κ3) is 3.75. The van der Waals surface area contributed by atoms with Gasteiger partial charge in [0.25, 0.3) is 0 Å². The lowest BCUT2D eigenvalue weighted by atomic mass is 10.0. The predicted octanol–water partition coefficient (Wildman–Crippen LogP) is 5.37. The Kier molecular flexibility index (Phi) is 4.95. The number of hydrogen-bond acceptors (Lipinski definition) is 5. The summed E-state index contributed by atoms with van der Waals surface area (Å²) in [7, 11) is 0. The molecule has 3 aromatic rings. The molecule has 0 unspecified atom stereocenters. The largest absolute Gasteiger partial charge is 0.354 e. The molecule has 26 heavy (non-hydrogen) atoms. The Hall–Kier alpha value is -1.56. The van der Waals surface area contributed by atoms with Gasteiger partial charge in [0.1, 0.15) is 5.82 Å². The average molecular weight is 384 g/mol. The Morgan fingerprint density at radius 1 is 1.00 bits per heavy atom. The zero-order valence-electron chi connectivity index (χ0n) is 15.6. The maximum absolute atomic E-state index is 4.74. The average Bonchev–Trinajstić information content (AvgIpc) is 3.04. The van der Waals surface area contributed by atoms with Crippen LogP contribution >= 0.6 is 23.1 Å². The van der Waals surface area contributed by atoms with E-state index < -0.39 is 0 Å². The maximum atomic E-state index is 4.74. The molecule has 0 saturated carbocycles. The molecule has 1 fully saturated rings. The molecule has 0 radical (unpaired) electrons. The van der Waals surface area contributed by atoms with Gasteiger partial charge in [0.2, 0.25) is 0 Å². The van der Waals surface area contributed by atoms with Crippen molar-refractivity contribution >= 4 is 39.0 Å². The summed E-state index contributed by atoms with van der Waals surface area (Å²) in [6.07, 6.45) is 1.96. The number of aromatic nitrogens is 1. The van der Waals surface area contributed by atoms with Gasteiger partial charge in [-0.05, 0) is 45.0 Å². The monoisotopic (exact) mass is 383 g/mol. The number of nitrogens with zero attached hydrogens (tertiary/aromatic N) is 3. The van der Waals surface area contributed by atoms with Crippen molar-refractivity contribution in [2.24, 2.45) is 0 Å². The molecular weight excluding hydrogens is 358 g/mol. The zero-order valence-corrected chi connectivity index (χ0v) is 17.2. The van der Waals surface area contributed by atoms with Gasteiger partial charge in [0.05, 0.1) is 4.21 Å². The van der Waals surface area contributed by atoms with E-state index in [2.05, 4.69) is 73.0 Å². The molecule has 5 heteroatoms. The molecule has 0 aliphatic carbocycles. The summed E-state index contributed by atoms with van der Waals surface area (Å²) in [6, 6.07) is 15.0. The summed E-state index contributed by atoms with van der Waals surface area (Å²) in [5.41, 5.74) is 0.243. The Bertz CT molecular complexity index is 875. The van der Waals surface area contributed by atoms with Crippen molar-refractivity contribution in [2.45, 2.75) is 35.4 Å². The molecule has 0 atom stereocenters. The predicted molar refractivity (Wildman–Crippen MR) is 114 cm³/mol. The smallest absolute Gasteiger partial charge is 0.137 e. The van der Waals surface area contributed by atoms with Gasteiger partial charge < -0.3 is 4.90 Å². The van der Waals surface area contributed by atoms with Gasteiger partial charge in [-0.1, -0.05) is 30.0 Å². The minimum Gasteiger partial charge on any atom is -0.354 e. The molecule has 136 valence electrons. The standard InChI is InChI=1S/C21H25N3S2/c1-21(2,3)24-13-11-23(12-14-24)20-17-15-19(26-18(17)9-10-22-20)25-16-7-5-4-6-8-16/h4-10,15H,11-14H2,1-3H3. The summed E-state index contributed by atoms with van der Waals surface area (Å²) < 4.78 is 2.65. The molecule has 1 aromatic carbocycles. The van der Waals surface area contributed by atoms with Crippen LogP contribution in [0.3, 0.4) is 0 Å². The lowest BCUT2D eigenvalue weighted by Crippen LogP contribution is -2.53. The summed E-state index contributed by atoms with van der Waals surface area (Å²) >= 11 is 3.70. The van der Waals surface area contributed by atoms with Gasteiger partial charge >= 0.3 is 0 Å². The highest BCUT2D eigenvalue weighted by molar-refractivity contribution is 8.01. The Labute approximate surface area is 164 Å². The maximum Gasteiger partial charge on any atom is 0.137 e. The summed E-state index contributed by atoms with van der Waals surface area (Å²) in [5.74, 6) is 1.15. The summed E-state index contributed by atoms with van der Waals surface area (Å²) in [4.78, 5) is 11.0. The molecule has 1 aliphatic rings. The van der Waals surface area contributed by atoms with E-state index in [9.17, 15) is 0 Å². The molecule has 4 rings (SSSR count). The first kappa shape index (κ1) is 17.8. The minimum atomic E-state index is 0.243. The molecule has 0 N–H and O–H groups in total. The van der Waals surface area contributed by atoms with Crippen LogP contribution in [0, 0.1) is 0 Å². The Balaban J connectivity index is 1.57. The van der Waals surface area contributed by atoms with Crippen molar-refractivity contribution in [3.8, 4) is 0 Å². The second-order valence-electron chi connectivity index (χ2n) is 7.67. The normalized spacial score (nSPS) is 16.3. The second-order valence-corrected chi connectivity index (χ2v) is 10.1. The van der Waals surface area contributed by atoms with Crippen molar-refractivity contribution in [2.75, 3.05) is 31.1 Å². The number of hydrogen-bond donors (Lipinski definition) is 0. The zero-order chi connectivity index (χ0) is 18.1. The van der Waals surface area contributed by atoms with Crippen LogP contribution in [-0.4, -0.2) is 41.6 Å². The van der Waals surface area contributed by atoms with Crippen molar-refractivity contribution in [3.05, 3.63) is 48.7 Å². The molecule has 1 saturated heterocycles. The fourth-order valence-corrected chi connectivity index (χ4v) is 5.63. The van der Waals surface area contributed by atoms with Crippen LogP contribution < -0.4 is 4.90 Å². The molecule has 0 amide bonds. The lowest BCUT2D eigenvalue weighted by Gasteiger charge is -2.42. The van der Waals surface area contributed by atoms with Gasteiger partial charge in [-0.3, -0.25) is 4.90 Å². The third-order valence-electron chi connectivity index (χ3n) is 4.89. The molecule has 0 bridgehead atoms. The molecular formula is C21H25N3S2. The minimum absolute atomic E-state index is 0.243. The Morgan fingerprint density at radius 3 is 2.42 bits per heavy atom. The fourth-order valence-electron chi connectivity index (χ4n) is 3.42. The number of rotatable bonds is 3. The molecule has 3 heterocycles. The first-order chi connectivity index (χ1) is 12.5. The number of piperazine rings is 1. The highest BCUT2D eigenvalue weighted by Crippen LogP contribution is 2.40. The van der Waals surface area contributed by atoms with Crippen LogP contribution in [0.25, 0.3) is 10.1 Å².